The SMILES string of the molecule is CCNC(=NCC(CC(C)C)N1CCOCC1)NC1CCC(O)CC1.I. The van der Waals surface area contributed by atoms with Crippen molar-refractivity contribution in [2.45, 2.75) is 71.1 Å². The summed E-state index contributed by atoms with van der Waals surface area (Å²) in [6, 6.07) is 0.903. The molecule has 3 N–H and O–H groups in total. The highest BCUT2D eigenvalue weighted by atomic mass is 127. The second kappa shape index (κ2) is 13.1. The molecular weight excluding hydrogens is 443 g/mol. The van der Waals surface area contributed by atoms with Crippen LogP contribution in [0.3, 0.4) is 0 Å². The minimum absolute atomic E-state index is 0. The zero-order valence-corrected chi connectivity index (χ0v) is 19.1. The molecule has 154 valence electrons. The number of halogens is 1. The Hall–Kier alpha value is -0.120. The van der Waals surface area contributed by atoms with E-state index < -0.39 is 0 Å². The number of aliphatic imine (C=N–C) groups is 1. The van der Waals surface area contributed by atoms with Gasteiger partial charge in [-0.3, -0.25) is 9.89 Å². The van der Waals surface area contributed by atoms with Crippen molar-refractivity contribution < 1.29 is 9.84 Å². The Morgan fingerprint density at radius 2 is 1.85 bits per heavy atom. The van der Waals surface area contributed by atoms with E-state index in [1.165, 1.54) is 6.42 Å². The lowest BCUT2D eigenvalue weighted by atomic mass is 9.93. The third-order valence-electron chi connectivity index (χ3n) is 5.15. The van der Waals surface area contributed by atoms with E-state index in [0.29, 0.717) is 18.0 Å². The Labute approximate surface area is 176 Å². The maximum atomic E-state index is 9.68. The van der Waals surface area contributed by atoms with E-state index in [4.69, 9.17) is 9.73 Å². The summed E-state index contributed by atoms with van der Waals surface area (Å²) in [6.07, 6.45) is 4.86. The van der Waals surface area contributed by atoms with Crippen LogP contribution in [0.15, 0.2) is 4.99 Å². The fraction of sp³-hybridized carbons (Fsp3) is 0.947. The minimum Gasteiger partial charge on any atom is -0.393 e. The molecular formula is C19H39IN4O2. The van der Waals surface area contributed by atoms with Gasteiger partial charge in [-0.25, -0.2) is 0 Å². The first-order chi connectivity index (χ1) is 12.1. The quantitative estimate of drug-likeness (QED) is 0.295. The predicted octanol–water partition coefficient (Wildman–Crippen LogP) is 2.21. The largest absolute Gasteiger partial charge is 0.393 e. The first-order valence-electron chi connectivity index (χ1n) is 10.1. The molecule has 7 heteroatoms. The van der Waals surface area contributed by atoms with E-state index in [1.807, 2.05) is 0 Å². The maximum absolute atomic E-state index is 9.68. The Morgan fingerprint density at radius 3 is 2.42 bits per heavy atom. The number of nitrogens with zero attached hydrogens (tertiary/aromatic N) is 2. The highest BCUT2D eigenvalue weighted by molar-refractivity contribution is 14.0. The predicted molar refractivity (Wildman–Crippen MR) is 118 cm³/mol. The highest BCUT2D eigenvalue weighted by Gasteiger charge is 2.23. The zero-order valence-electron chi connectivity index (χ0n) is 16.7. The van der Waals surface area contributed by atoms with Crippen molar-refractivity contribution >= 4 is 29.9 Å². The second-order valence-electron chi connectivity index (χ2n) is 7.80. The van der Waals surface area contributed by atoms with Crippen LogP contribution in [0.2, 0.25) is 0 Å². The summed E-state index contributed by atoms with van der Waals surface area (Å²) in [5.41, 5.74) is 0. The van der Waals surface area contributed by atoms with Crippen LogP contribution in [0.4, 0.5) is 0 Å². The molecule has 1 atom stereocenters. The number of morpholine rings is 1. The topological polar surface area (TPSA) is 69.1 Å². The van der Waals surface area contributed by atoms with Crippen LogP contribution in [-0.2, 0) is 4.74 Å². The lowest BCUT2D eigenvalue weighted by Gasteiger charge is -2.35. The van der Waals surface area contributed by atoms with Gasteiger partial charge in [-0.15, -0.1) is 24.0 Å². The van der Waals surface area contributed by atoms with Crippen molar-refractivity contribution in [3.8, 4) is 0 Å². The number of rotatable bonds is 7. The van der Waals surface area contributed by atoms with Crippen LogP contribution in [0.5, 0.6) is 0 Å². The number of hydrogen-bond acceptors (Lipinski definition) is 4. The van der Waals surface area contributed by atoms with E-state index in [-0.39, 0.29) is 30.1 Å². The van der Waals surface area contributed by atoms with E-state index in [9.17, 15) is 5.11 Å². The number of ether oxygens (including phenoxy) is 1. The summed E-state index contributed by atoms with van der Waals surface area (Å²) in [4.78, 5) is 7.44. The van der Waals surface area contributed by atoms with E-state index in [1.54, 1.807) is 0 Å². The highest BCUT2D eigenvalue weighted by Crippen LogP contribution is 2.18. The summed E-state index contributed by atoms with van der Waals surface area (Å²) in [5.74, 6) is 1.59. The summed E-state index contributed by atoms with van der Waals surface area (Å²) in [7, 11) is 0. The summed E-state index contributed by atoms with van der Waals surface area (Å²) < 4.78 is 5.51. The van der Waals surface area contributed by atoms with Gasteiger partial charge >= 0.3 is 0 Å². The van der Waals surface area contributed by atoms with E-state index >= 15 is 0 Å². The van der Waals surface area contributed by atoms with Crippen LogP contribution in [-0.4, -0.2) is 73.5 Å². The van der Waals surface area contributed by atoms with Crippen LogP contribution < -0.4 is 10.6 Å². The average Bonchev–Trinajstić information content (AvgIpc) is 2.61. The molecule has 1 aliphatic carbocycles. The molecule has 0 radical (unpaired) electrons. The van der Waals surface area contributed by atoms with Crippen molar-refractivity contribution in [1.82, 2.24) is 15.5 Å². The zero-order chi connectivity index (χ0) is 18.1. The normalized spacial score (nSPS) is 26.3. The fourth-order valence-electron chi connectivity index (χ4n) is 3.76. The van der Waals surface area contributed by atoms with Crippen molar-refractivity contribution in [1.29, 1.82) is 0 Å². The molecule has 2 fully saturated rings. The molecule has 2 aliphatic rings. The number of hydrogen-bond donors (Lipinski definition) is 3. The Bertz CT molecular complexity index is 395. The summed E-state index contributed by atoms with van der Waals surface area (Å²) >= 11 is 0. The third kappa shape index (κ3) is 8.71. The lowest BCUT2D eigenvalue weighted by molar-refractivity contribution is 0.0143. The van der Waals surface area contributed by atoms with E-state index in [2.05, 4.69) is 36.3 Å². The molecule has 1 saturated carbocycles. The molecule has 2 rings (SSSR count). The first-order valence-corrected chi connectivity index (χ1v) is 10.1. The summed E-state index contributed by atoms with van der Waals surface area (Å²) in [6.45, 7) is 12.1. The Morgan fingerprint density at radius 1 is 1.19 bits per heavy atom. The van der Waals surface area contributed by atoms with Crippen LogP contribution in [0, 0.1) is 5.92 Å². The van der Waals surface area contributed by atoms with Gasteiger partial charge in [0.2, 0.25) is 0 Å². The van der Waals surface area contributed by atoms with Crippen LogP contribution >= 0.6 is 24.0 Å². The van der Waals surface area contributed by atoms with Gasteiger partial charge in [-0.05, 0) is 44.9 Å². The standard InChI is InChI=1S/C19H38N4O2.HI/c1-4-20-19(22-16-5-7-18(24)8-6-16)21-14-17(13-15(2)3)23-9-11-25-12-10-23;/h15-18,24H,4-14H2,1-3H3,(H2,20,21,22);1H. The van der Waals surface area contributed by atoms with Gasteiger partial charge in [-0.1, -0.05) is 13.8 Å². The molecule has 26 heavy (non-hydrogen) atoms. The molecule has 1 unspecified atom stereocenters. The number of nitrogens with one attached hydrogen (secondary N) is 2. The van der Waals surface area contributed by atoms with Gasteiger partial charge in [0.1, 0.15) is 0 Å². The fourth-order valence-corrected chi connectivity index (χ4v) is 3.76. The number of guanidine groups is 1. The molecule has 1 saturated heterocycles. The molecule has 6 nitrogen and oxygen atoms in total. The number of aliphatic hydroxyl groups is 1. The van der Waals surface area contributed by atoms with Crippen molar-refractivity contribution in [3.05, 3.63) is 0 Å². The smallest absolute Gasteiger partial charge is 0.191 e. The molecule has 0 aromatic heterocycles. The second-order valence-corrected chi connectivity index (χ2v) is 7.80. The van der Waals surface area contributed by atoms with Crippen LogP contribution in [0.25, 0.3) is 0 Å². The maximum Gasteiger partial charge on any atom is 0.191 e. The van der Waals surface area contributed by atoms with Gasteiger partial charge < -0.3 is 20.5 Å². The van der Waals surface area contributed by atoms with Crippen molar-refractivity contribution in [3.63, 3.8) is 0 Å². The Balaban J connectivity index is 0.00000338. The molecule has 0 bridgehead atoms. The van der Waals surface area contributed by atoms with Gasteiger partial charge in [0.05, 0.1) is 25.9 Å². The van der Waals surface area contributed by atoms with Gasteiger partial charge in [0.15, 0.2) is 5.96 Å². The van der Waals surface area contributed by atoms with E-state index in [0.717, 1.165) is 71.0 Å². The van der Waals surface area contributed by atoms with Crippen LogP contribution in [0.1, 0.15) is 52.9 Å². The minimum atomic E-state index is -0.116. The van der Waals surface area contributed by atoms with Crippen molar-refractivity contribution in [2.75, 3.05) is 39.4 Å². The third-order valence-corrected chi connectivity index (χ3v) is 5.15. The number of aliphatic hydroxyl groups excluding tert-OH is 1. The first kappa shape index (κ1) is 23.9. The molecule has 0 aromatic rings. The Kier molecular flexibility index (Phi) is 12.1. The lowest BCUT2D eigenvalue weighted by Crippen LogP contribution is -2.48. The van der Waals surface area contributed by atoms with Gasteiger partial charge in [0, 0.05) is 31.7 Å². The summed E-state index contributed by atoms with van der Waals surface area (Å²) in [5, 5.41) is 16.6. The van der Waals surface area contributed by atoms with Gasteiger partial charge in [-0.2, -0.15) is 0 Å². The van der Waals surface area contributed by atoms with Gasteiger partial charge in [0.25, 0.3) is 0 Å². The molecule has 0 amide bonds. The molecule has 0 aromatic carbocycles. The monoisotopic (exact) mass is 482 g/mol. The molecule has 1 heterocycles. The van der Waals surface area contributed by atoms with Crippen molar-refractivity contribution in [2.24, 2.45) is 10.9 Å². The molecule has 0 spiro atoms. The average molecular weight is 482 g/mol. The molecule has 1 aliphatic heterocycles.